The van der Waals surface area contributed by atoms with E-state index in [0.717, 1.165) is 0 Å². The van der Waals surface area contributed by atoms with Crippen LogP contribution < -0.4 is 0 Å². The summed E-state index contributed by atoms with van der Waals surface area (Å²) in [5.41, 5.74) is 0. The van der Waals surface area contributed by atoms with Crippen LogP contribution in [0.4, 0.5) is 13.2 Å². The van der Waals surface area contributed by atoms with Gasteiger partial charge in [-0.05, 0) is 13.1 Å². The van der Waals surface area contributed by atoms with E-state index in [-0.39, 0.29) is 5.76 Å². The highest BCUT2D eigenvalue weighted by atomic mass is 19.4. The topological polar surface area (TPSA) is 12.5 Å². The highest BCUT2D eigenvalue weighted by Gasteiger charge is 2.33. The lowest BCUT2D eigenvalue weighted by Crippen LogP contribution is -2.15. The SMILES string of the molecule is CN1[C]C(OC(F)(F)F)=CC1. The van der Waals surface area contributed by atoms with Crippen molar-refractivity contribution in [3.63, 3.8) is 0 Å². The van der Waals surface area contributed by atoms with Crippen LogP contribution in [0.2, 0.25) is 0 Å². The number of ether oxygens (including phenoxy) is 1. The zero-order chi connectivity index (χ0) is 8.48. The molecular formula is C6H6F3NO. The van der Waals surface area contributed by atoms with Crippen molar-refractivity contribution in [3.05, 3.63) is 18.4 Å². The van der Waals surface area contributed by atoms with E-state index in [1.807, 2.05) is 0 Å². The molecule has 1 aliphatic rings. The first-order valence-corrected chi connectivity index (χ1v) is 2.91. The van der Waals surface area contributed by atoms with Crippen molar-refractivity contribution in [1.82, 2.24) is 4.90 Å². The van der Waals surface area contributed by atoms with Gasteiger partial charge in [0.25, 0.3) is 0 Å². The van der Waals surface area contributed by atoms with Crippen LogP contribution in [0.15, 0.2) is 11.8 Å². The standard InChI is InChI=1S/C6H6F3NO/c1-10-3-2-5(4-10)11-6(7,8)9/h2H,3H2,1H3. The molecule has 0 saturated heterocycles. The maximum Gasteiger partial charge on any atom is 0.572 e. The number of hydrogen-bond acceptors (Lipinski definition) is 2. The molecule has 0 saturated carbocycles. The molecular weight excluding hydrogens is 159 g/mol. The molecule has 1 heterocycles. The Balaban J connectivity index is 2.40. The zero-order valence-electron chi connectivity index (χ0n) is 5.77. The van der Waals surface area contributed by atoms with E-state index in [0.29, 0.717) is 6.54 Å². The first-order chi connectivity index (χ1) is 4.97. The fraction of sp³-hybridized carbons (Fsp3) is 0.500. The van der Waals surface area contributed by atoms with E-state index >= 15 is 0 Å². The van der Waals surface area contributed by atoms with Gasteiger partial charge < -0.3 is 4.74 Å². The fourth-order valence-electron chi connectivity index (χ4n) is 0.688. The van der Waals surface area contributed by atoms with Gasteiger partial charge in [-0.1, -0.05) is 0 Å². The predicted octanol–water partition coefficient (Wildman–Crippen LogP) is 1.39. The predicted molar refractivity (Wildman–Crippen MR) is 31.1 cm³/mol. The minimum atomic E-state index is -4.61. The third-order valence-electron chi connectivity index (χ3n) is 1.08. The Morgan fingerprint density at radius 1 is 1.64 bits per heavy atom. The zero-order valence-corrected chi connectivity index (χ0v) is 5.77. The Kier molecular flexibility index (Phi) is 2.08. The number of alkyl halides is 3. The van der Waals surface area contributed by atoms with Gasteiger partial charge in [0.1, 0.15) is 12.3 Å². The lowest BCUT2D eigenvalue weighted by atomic mass is 10.5. The molecule has 0 bridgehead atoms. The molecule has 0 aromatic rings. The van der Waals surface area contributed by atoms with Crippen LogP contribution >= 0.6 is 0 Å². The van der Waals surface area contributed by atoms with Crippen molar-refractivity contribution >= 4 is 0 Å². The van der Waals surface area contributed by atoms with E-state index in [9.17, 15) is 13.2 Å². The highest BCUT2D eigenvalue weighted by molar-refractivity contribution is 5.12. The van der Waals surface area contributed by atoms with Gasteiger partial charge in [-0.2, -0.15) is 0 Å². The van der Waals surface area contributed by atoms with Crippen molar-refractivity contribution in [1.29, 1.82) is 0 Å². The summed E-state index contributed by atoms with van der Waals surface area (Å²) in [6.45, 7) is 2.77. The molecule has 1 rings (SSSR count). The molecule has 2 nitrogen and oxygen atoms in total. The summed E-state index contributed by atoms with van der Waals surface area (Å²) in [6, 6.07) is 0. The van der Waals surface area contributed by atoms with E-state index in [1.165, 1.54) is 11.0 Å². The van der Waals surface area contributed by atoms with Crippen molar-refractivity contribution < 1.29 is 17.9 Å². The van der Waals surface area contributed by atoms with Crippen LogP contribution in [0.1, 0.15) is 0 Å². The van der Waals surface area contributed by atoms with Gasteiger partial charge >= 0.3 is 6.36 Å². The largest absolute Gasteiger partial charge is 0.572 e. The van der Waals surface area contributed by atoms with Gasteiger partial charge in [0.2, 0.25) is 0 Å². The van der Waals surface area contributed by atoms with Gasteiger partial charge in [-0.25, -0.2) is 0 Å². The lowest BCUT2D eigenvalue weighted by Gasteiger charge is -2.09. The van der Waals surface area contributed by atoms with Crippen LogP contribution in [0.3, 0.4) is 0 Å². The second kappa shape index (κ2) is 2.73. The molecule has 0 N–H and O–H groups in total. The van der Waals surface area contributed by atoms with Crippen molar-refractivity contribution in [2.75, 3.05) is 13.6 Å². The molecule has 0 aliphatic carbocycles. The first kappa shape index (κ1) is 8.39. The molecule has 0 aromatic heterocycles. The maximum absolute atomic E-state index is 11.5. The molecule has 0 aromatic carbocycles. The average molecular weight is 165 g/mol. The number of hydrogen-bond donors (Lipinski definition) is 0. The molecule has 1 aliphatic heterocycles. The molecule has 0 spiro atoms. The molecule has 2 radical (unpaired) electrons. The Labute approximate surface area is 62.2 Å². The second-order valence-electron chi connectivity index (χ2n) is 2.11. The van der Waals surface area contributed by atoms with Gasteiger partial charge in [0, 0.05) is 6.54 Å². The van der Waals surface area contributed by atoms with Gasteiger partial charge in [-0.3, -0.25) is 4.90 Å². The minimum absolute atomic E-state index is 0.264. The van der Waals surface area contributed by atoms with E-state index < -0.39 is 6.36 Å². The fourth-order valence-corrected chi connectivity index (χ4v) is 0.688. The summed E-state index contributed by atoms with van der Waals surface area (Å²) in [6.07, 6.45) is -3.29. The van der Waals surface area contributed by atoms with Gasteiger partial charge in [-0.15, -0.1) is 13.2 Å². The van der Waals surface area contributed by atoms with Crippen LogP contribution in [0.25, 0.3) is 0 Å². The lowest BCUT2D eigenvalue weighted by molar-refractivity contribution is -0.304. The summed E-state index contributed by atoms with van der Waals surface area (Å²) < 4.78 is 38.1. The van der Waals surface area contributed by atoms with E-state index in [2.05, 4.69) is 11.3 Å². The maximum atomic E-state index is 11.5. The second-order valence-corrected chi connectivity index (χ2v) is 2.11. The average Bonchev–Trinajstić information content (AvgIpc) is 2.10. The Hall–Kier alpha value is -0.710. The van der Waals surface area contributed by atoms with Crippen LogP contribution in [-0.2, 0) is 4.74 Å². The van der Waals surface area contributed by atoms with E-state index in [1.54, 1.807) is 7.05 Å². The van der Waals surface area contributed by atoms with Gasteiger partial charge in [0.05, 0.1) is 0 Å². The molecule has 62 valence electrons. The summed E-state index contributed by atoms with van der Waals surface area (Å²) in [7, 11) is 1.61. The van der Waals surface area contributed by atoms with Gasteiger partial charge in [0.15, 0.2) is 0 Å². The van der Waals surface area contributed by atoms with Crippen LogP contribution in [0.5, 0.6) is 0 Å². The minimum Gasteiger partial charge on any atom is -0.408 e. The van der Waals surface area contributed by atoms with Crippen LogP contribution in [0, 0.1) is 6.54 Å². The summed E-state index contributed by atoms with van der Waals surface area (Å²) in [5, 5.41) is 0. The third-order valence-corrected chi connectivity index (χ3v) is 1.08. The molecule has 0 amide bonds. The van der Waals surface area contributed by atoms with Crippen LogP contribution in [-0.4, -0.2) is 24.9 Å². The Morgan fingerprint density at radius 2 is 2.27 bits per heavy atom. The Morgan fingerprint density at radius 3 is 2.64 bits per heavy atom. The van der Waals surface area contributed by atoms with Crippen molar-refractivity contribution in [2.45, 2.75) is 6.36 Å². The molecule has 0 fully saturated rings. The molecule has 0 atom stereocenters. The monoisotopic (exact) mass is 165 g/mol. The Bertz CT molecular complexity index is 175. The third kappa shape index (κ3) is 2.80. The number of likely N-dealkylation sites (N-methyl/N-ethyl adjacent to an activating group) is 1. The molecule has 0 unspecified atom stereocenters. The highest BCUT2D eigenvalue weighted by Crippen LogP contribution is 2.24. The first-order valence-electron chi connectivity index (χ1n) is 2.91. The quantitative estimate of drug-likeness (QED) is 0.582. The summed E-state index contributed by atoms with van der Waals surface area (Å²) in [5.74, 6) is -0.264. The number of nitrogens with zero attached hydrogens (tertiary/aromatic N) is 1. The summed E-state index contributed by atoms with van der Waals surface area (Å²) >= 11 is 0. The number of rotatable bonds is 1. The van der Waals surface area contributed by atoms with E-state index in [4.69, 9.17) is 0 Å². The van der Waals surface area contributed by atoms with Crippen molar-refractivity contribution in [2.24, 2.45) is 0 Å². The van der Waals surface area contributed by atoms with Crippen molar-refractivity contribution in [3.8, 4) is 0 Å². The smallest absolute Gasteiger partial charge is 0.408 e. The normalized spacial score (nSPS) is 20.2. The number of halogens is 3. The summed E-state index contributed by atoms with van der Waals surface area (Å²) in [4.78, 5) is 1.47. The molecule has 5 heteroatoms. The molecule has 11 heavy (non-hydrogen) atoms.